The lowest BCUT2D eigenvalue weighted by Crippen LogP contribution is -2.25. The van der Waals surface area contributed by atoms with Crippen LogP contribution in [0.4, 0.5) is 0 Å². The Bertz CT molecular complexity index is 3230. The molecule has 13 rings (SSSR count). The zero-order valence-corrected chi connectivity index (χ0v) is 34.7. The summed E-state index contributed by atoms with van der Waals surface area (Å²) in [4.78, 5) is 12.3. The Labute approximate surface area is 359 Å². The molecule has 0 unspecified atom stereocenters. The minimum Gasteiger partial charge on any atom is -0.394 e. The van der Waals surface area contributed by atoms with Crippen LogP contribution in [0, 0.1) is 0 Å². The molecule has 0 radical (unpaired) electrons. The van der Waals surface area contributed by atoms with Crippen LogP contribution in [0.15, 0.2) is 182 Å². The molecule has 0 atom stereocenters. The van der Waals surface area contributed by atoms with E-state index in [1.54, 1.807) is 0 Å². The van der Waals surface area contributed by atoms with Gasteiger partial charge < -0.3 is 9.05 Å². The smallest absolute Gasteiger partial charge is 0.394 e. The molecule has 0 saturated carbocycles. The van der Waals surface area contributed by atoms with E-state index in [1.807, 2.05) is 12.1 Å². The number of fused-ring (bicyclic) bond motifs is 4. The predicted octanol–water partition coefficient (Wildman–Crippen LogP) is 15.0. The summed E-state index contributed by atoms with van der Waals surface area (Å²) in [7, 11) is -4.81. The monoisotopic (exact) mass is 818 g/mol. The van der Waals surface area contributed by atoms with Crippen LogP contribution in [-0.4, -0.2) is 4.89 Å². The Balaban J connectivity index is 1.10. The summed E-state index contributed by atoms with van der Waals surface area (Å²) >= 11 is 0. The molecule has 62 heavy (non-hydrogen) atoms. The van der Waals surface area contributed by atoms with Gasteiger partial charge in [0.15, 0.2) is 0 Å². The Morgan fingerprint density at radius 3 is 1.03 bits per heavy atom. The second kappa shape index (κ2) is 13.3. The molecule has 0 saturated heterocycles. The third kappa shape index (κ3) is 5.02. The molecule has 4 nitrogen and oxygen atoms in total. The molecule has 1 N–H and O–H groups in total. The van der Waals surface area contributed by atoms with Crippen molar-refractivity contribution < 1.29 is 18.5 Å². The van der Waals surface area contributed by atoms with Crippen LogP contribution in [0.1, 0.15) is 35.1 Å². The zero-order chi connectivity index (χ0) is 41.2. The van der Waals surface area contributed by atoms with Gasteiger partial charge in [0.25, 0.3) is 0 Å². The number of rotatable bonds is 4. The minimum atomic E-state index is -4.81. The van der Waals surface area contributed by atoms with Gasteiger partial charge in [-0.2, -0.15) is 0 Å². The van der Waals surface area contributed by atoms with Gasteiger partial charge in [-0.15, -0.1) is 0 Å². The van der Waals surface area contributed by atoms with Gasteiger partial charge in [0.2, 0.25) is 0 Å². The van der Waals surface area contributed by atoms with Crippen LogP contribution < -0.4 is 9.05 Å². The van der Waals surface area contributed by atoms with E-state index in [4.69, 9.17) is 9.05 Å². The van der Waals surface area contributed by atoms with Crippen LogP contribution >= 0.6 is 7.82 Å². The summed E-state index contributed by atoms with van der Waals surface area (Å²) in [5.41, 5.74) is 12.1. The molecule has 0 aromatic heterocycles. The Morgan fingerprint density at radius 1 is 0.387 bits per heavy atom. The first kappa shape index (κ1) is 35.8. The summed E-state index contributed by atoms with van der Waals surface area (Å²) in [6.45, 7) is 0. The summed E-state index contributed by atoms with van der Waals surface area (Å²) < 4.78 is 28.3. The maximum absolute atomic E-state index is 15.0. The Morgan fingerprint density at radius 2 is 0.694 bits per heavy atom. The van der Waals surface area contributed by atoms with Crippen molar-refractivity contribution in [1.29, 1.82) is 0 Å². The lowest BCUT2D eigenvalue weighted by Gasteiger charge is -2.35. The van der Waals surface area contributed by atoms with Crippen molar-refractivity contribution in [3.05, 3.63) is 204 Å². The minimum absolute atomic E-state index is 0.459. The summed E-state index contributed by atoms with van der Waals surface area (Å²) in [5.74, 6) is 0.918. The van der Waals surface area contributed by atoms with Crippen LogP contribution in [0.3, 0.4) is 0 Å². The van der Waals surface area contributed by atoms with Crippen molar-refractivity contribution in [2.75, 3.05) is 0 Å². The van der Waals surface area contributed by atoms with Crippen LogP contribution in [0.25, 0.3) is 87.6 Å². The number of benzene rings is 10. The Kier molecular flexibility index (Phi) is 7.65. The van der Waals surface area contributed by atoms with Gasteiger partial charge >= 0.3 is 7.82 Å². The second-order valence-electron chi connectivity index (χ2n) is 17.1. The number of hydrogen-bond acceptors (Lipinski definition) is 3. The molecule has 0 fully saturated rings. The van der Waals surface area contributed by atoms with Crippen molar-refractivity contribution in [1.82, 2.24) is 0 Å². The number of phosphoric acid groups is 1. The SMILES string of the molecule is O=P1(O)Oc2c(-c3c4ccccc4c(-c4ccccc4)c4ccccc34)ccc3c2C2(CC3)CCc3ccc(-c4c5ccccc5c(-c5ccccc5)c5ccccc45)c(c32)O1. The van der Waals surface area contributed by atoms with Gasteiger partial charge in [-0.25, -0.2) is 4.57 Å². The third-order valence-electron chi connectivity index (χ3n) is 14.0. The molecular weight excluding hydrogens is 780 g/mol. The largest absolute Gasteiger partial charge is 0.584 e. The summed E-state index contributed by atoms with van der Waals surface area (Å²) in [6.07, 6.45) is 3.37. The maximum atomic E-state index is 15.0. The number of aryl methyl sites for hydroxylation is 2. The van der Waals surface area contributed by atoms with Crippen LogP contribution in [0.5, 0.6) is 11.5 Å². The molecule has 1 heterocycles. The molecule has 10 aromatic carbocycles. The average molecular weight is 819 g/mol. The van der Waals surface area contributed by atoms with Crippen molar-refractivity contribution in [2.45, 2.75) is 31.1 Å². The van der Waals surface area contributed by atoms with E-state index >= 15 is 4.57 Å². The van der Waals surface area contributed by atoms with E-state index in [0.717, 1.165) is 136 Å². The van der Waals surface area contributed by atoms with Crippen LogP contribution in [-0.2, 0) is 22.8 Å². The maximum Gasteiger partial charge on any atom is 0.584 e. The van der Waals surface area contributed by atoms with Crippen molar-refractivity contribution >= 4 is 50.9 Å². The normalized spacial score (nSPS) is 15.5. The van der Waals surface area contributed by atoms with Crippen molar-refractivity contribution in [3.63, 3.8) is 0 Å². The topological polar surface area (TPSA) is 55.8 Å². The fraction of sp³-hybridized carbons (Fsp3) is 0.0877. The molecule has 3 aliphatic rings. The van der Waals surface area contributed by atoms with Gasteiger partial charge in [0, 0.05) is 38.8 Å². The molecule has 0 amide bonds. The molecule has 1 aliphatic heterocycles. The first-order chi connectivity index (χ1) is 30.5. The quantitative estimate of drug-likeness (QED) is 0.142. The molecular formula is C57H39O4P. The van der Waals surface area contributed by atoms with Gasteiger partial charge in [0.05, 0.1) is 0 Å². The van der Waals surface area contributed by atoms with E-state index in [0.29, 0.717) is 11.5 Å². The Hall–Kier alpha value is -6.97. The highest BCUT2D eigenvalue weighted by atomic mass is 31.2. The van der Waals surface area contributed by atoms with Gasteiger partial charge in [-0.3, -0.25) is 4.89 Å². The lowest BCUT2D eigenvalue weighted by molar-refractivity contribution is 0.281. The van der Waals surface area contributed by atoms with Crippen molar-refractivity contribution in [3.8, 4) is 56.0 Å². The molecule has 5 heteroatoms. The number of phosphoric ester groups is 1. The van der Waals surface area contributed by atoms with E-state index in [1.165, 1.54) is 0 Å². The average Bonchev–Trinajstić information content (AvgIpc) is 3.88. The molecule has 2 aliphatic carbocycles. The van der Waals surface area contributed by atoms with E-state index in [2.05, 4.69) is 170 Å². The van der Waals surface area contributed by atoms with E-state index in [-0.39, 0.29) is 0 Å². The fourth-order valence-electron chi connectivity index (χ4n) is 11.7. The van der Waals surface area contributed by atoms with E-state index < -0.39 is 13.2 Å². The predicted molar refractivity (Wildman–Crippen MR) is 253 cm³/mol. The van der Waals surface area contributed by atoms with Crippen LogP contribution in [0.2, 0.25) is 0 Å². The zero-order valence-electron chi connectivity index (χ0n) is 33.8. The third-order valence-corrected chi connectivity index (χ3v) is 14.9. The molecule has 296 valence electrons. The highest BCUT2D eigenvalue weighted by Gasteiger charge is 2.53. The first-order valence-electron chi connectivity index (χ1n) is 21.5. The second-order valence-corrected chi connectivity index (χ2v) is 18.4. The standard InChI is InChI=1S/C57H39O4P/c58-62(59)60-55-47(51-43-23-11-7-19-39(43)49(35-15-3-1-4-16-35)40-20-8-12-24-44(40)51)29-27-37-31-33-57(53(37)55)34-32-38-28-30-48(56(61-62)54(38)57)52-45-25-13-9-21-41(45)50(36-17-5-2-6-18-36)42-22-10-14-26-46(42)52/h1-30H,31-34H2,(H,58,59). The van der Waals surface area contributed by atoms with Gasteiger partial charge in [0.1, 0.15) is 11.5 Å². The van der Waals surface area contributed by atoms with Crippen molar-refractivity contribution in [2.24, 2.45) is 0 Å². The lowest BCUT2D eigenvalue weighted by atomic mass is 9.73. The molecule has 0 bridgehead atoms. The first-order valence-corrected chi connectivity index (χ1v) is 23.0. The molecule has 1 spiro atoms. The number of hydrogen-bond donors (Lipinski definition) is 1. The molecule has 10 aromatic rings. The fourth-order valence-corrected chi connectivity index (χ4v) is 12.5. The highest BCUT2D eigenvalue weighted by Crippen LogP contribution is 2.66. The van der Waals surface area contributed by atoms with E-state index in [9.17, 15) is 4.89 Å². The van der Waals surface area contributed by atoms with Gasteiger partial charge in [-0.05, 0) is 102 Å². The summed E-state index contributed by atoms with van der Waals surface area (Å²) in [5, 5.41) is 8.67. The highest BCUT2D eigenvalue weighted by molar-refractivity contribution is 7.48. The summed E-state index contributed by atoms with van der Waals surface area (Å²) in [6, 6.07) is 63.9. The van der Waals surface area contributed by atoms with Gasteiger partial charge in [-0.1, -0.05) is 182 Å².